The Morgan fingerprint density at radius 1 is 1.64 bits per heavy atom. The Morgan fingerprint density at radius 3 is 2.73 bits per heavy atom. The summed E-state index contributed by atoms with van der Waals surface area (Å²) in [5.41, 5.74) is 5.52. The van der Waals surface area contributed by atoms with Crippen molar-refractivity contribution in [1.82, 2.24) is 4.90 Å². The van der Waals surface area contributed by atoms with Gasteiger partial charge in [-0.05, 0) is 6.92 Å². The van der Waals surface area contributed by atoms with Crippen molar-refractivity contribution < 1.29 is 4.74 Å². The van der Waals surface area contributed by atoms with Crippen LogP contribution in [0.15, 0.2) is 4.99 Å². The van der Waals surface area contributed by atoms with Crippen LogP contribution in [-0.2, 0) is 4.74 Å². The van der Waals surface area contributed by atoms with E-state index < -0.39 is 0 Å². The molecule has 0 aromatic heterocycles. The fourth-order valence-corrected chi connectivity index (χ4v) is 0.631. The predicted molar refractivity (Wildman–Crippen MR) is 46.7 cm³/mol. The first kappa shape index (κ1) is 10.2. The van der Waals surface area contributed by atoms with Gasteiger partial charge in [-0.15, -0.1) is 0 Å². The molecule has 66 valence electrons. The largest absolute Gasteiger partial charge is 0.380 e. The zero-order valence-corrected chi connectivity index (χ0v) is 7.50. The Balaban J connectivity index is 3.44. The van der Waals surface area contributed by atoms with Crippen molar-refractivity contribution in [3.05, 3.63) is 0 Å². The van der Waals surface area contributed by atoms with Gasteiger partial charge in [0.1, 0.15) is 0 Å². The first-order valence-electron chi connectivity index (χ1n) is 3.73. The Morgan fingerprint density at radius 2 is 2.27 bits per heavy atom. The summed E-state index contributed by atoms with van der Waals surface area (Å²) in [6, 6.07) is 0. The number of likely N-dealkylation sites (N-methyl/N-ethyl adjacent to an activating group) is 1. The molecule has 0 fully saturated rings. The Hall–Kier alpha value is -0.770. The summed E-state index contributed by atoms with van der Waals surface area (Å²) in [6.45, 7) is 4.20. The Kier molecular flexibility index (Phi) is 5.56. The van der Waals surface area contributed by atoms with Crippen LogP contribution in [0.2, 0.25) is 0 Å². The summed E-state index contributed by atoms with van der Waals surface area (Å²) < 4.78 is 5.15. The Labute approximate surface area is 68.0 Å². The molecule has 0 bridgehead atoms. The van der Waals surface area contributed by atoms with Gasteiger partial charge >= 0.3 is 0 Å². The minimum Gasteiger partial charge on any atom is -0.380 e. The molecule has 0 saturated heterocycles. The molecule has 0 aliphatic rings. The molecular weight excluding hydrogens is 142 g/mol. The van der Waals surface area contributed by atoms with Gasteiger partial charge in [0.25, 0.3) is 0 Å². The van der Waals surface area contributed by atoms with Crippen molar-refractivity contribution in [2.75, 3.05) is 33.9 Å². The van der Waals surface area contributed by atoms with E-state index in [0.717, 1.165) is 13.2 Å². The highest BCUT2D eigenvalue weighted by Gasteiger charge is 1.98. The number of hydrogen-bond acceptors (Lipinski definition) is 2. The van der Waals surface area contributed by atoms with E-state index in [1.54, 1.807) is 7.05 Å². The molecule has 0 atom stereocenters. The number of aliphatic imine (C=N–C) groups is 1. The third kappa shape index (κ3) is 4.61. The van der Waals surface area contributed by atoms with Crippen LogP contribution in [0.3, 0.4) is 0 Å². The van der Waals surface area contributed by atoms with Crippen LogP contribution in [0.5, 0.6) is 0 Å². The van der Waals surface area contributed by atoms with Crippen molar-refractivity contribution in [1.29, 1.82) is 0 Å². The summed E-state index contributed by atoms with van der Waals surface area (Å²) in [5.74, 6) is 0.546. The van der Waals surface area contributed by atoms with E-state index in [2.05, 4.69) is 4.99 Å². The van der Waals surface area contributed by atoms with E-state index in [4.69, 9.17) is 10.5 Å². The maximum absolute atomic E-state index is 5.52. The number of ether oxygens (including phenoxy) is 1. The zero-order chi connectivity index (χ0) is 8.69. The van der Waals surface area contributed by atoms with Gasteiger partial charge in [-0.25, -0.2) is 0 Å². The molecule has 11 heavy (non-hydrogen) atoms. The maximum atomic E-state index is 5.52. The van der Waals surface area contributed by atoms with E-state index in [0.29, 0.717) is 12.6 Å². The first-order chi connectivity index (χ1) is 5.22. The molecule has 0 aromatic carbocycles. The average molecular weight is 159 g/mol. The summed E-state index contributed by atoms with van der Waals surface area (Å²) >= 11 is 0. The molecule has 0 radical (unpaired) electrons. The van der Waals surface area contributed by atoms with Gasteiger partial charge in [-0.1, -0.05) is 0 Å². The molecule has 2 N–H and O–H groups in total. The molecule has 0 saturated carbocycles. The highest BCUT2D eigenvalue weighted by molar-refractivity contribution is 5.77. The highest BCUT2D eigenvalue weighted by Crippen LogP contribution is 1.82. The lowest BCUT2D eigenvalue weighted by Gasteiger charge is -2.16. The summed E-state index contributed by atoms with van der Waals surface area (Å²) in [5, 5.41) is 0. The van der Waals surface area contributed by atoms with E-state index in [9.17, 15) is 0 Å². The SMILES string of the molecule is CCOCCN(C)C(N)=NC. The molecule has 0 aromatic rings. The standard InChI is InChI=1S/C7H17N3O/c1-4-11-6-5-10(3)7(8)9-2/h4-6H2,1-3H3,(H2,8,9). The molecule has 4 heteroatoms. The second kappa shape index (κ2) is 5.97. The summed E-state index contributed by atoms with van der Waals surface area (Å²) in [6.07, 6.45) is 0. The van der Waals surface area contributed by atoms with Crippen molar-refractivity contribution in [2.24, 2.45) is 10.7 Å². The number of rotatable bonds is 4. The monoisotopic (exact) mass is 159 g/mol. The van der Waals surface area contributed by atoms with Gasteiger partial charge in [0.15, 0.2) is 5.96 Å². The van der Waals surface area contributed by atoms with Gasteiger partial charge in [0.2, 0.25) is 0 Å². The second-order valence-electron chi connectivity index (χ2n) is 2.20. The lowest BCUT2D eigenvalue weighted by Crippen LogP contribution is -2.36. The summed E-state index contributed by atoms with van der Waals surface area (Å²) in [7, 11) is 3.56. The number of hydrogen-bond donors (Lipinski definition) is 1. The van der Waals surface area contributed by atoms with Crippen LogP contribution in [-0.4, -0.2) is 44.7 Å². The molecular formula is C7H17N3O. The zero-order valence-electron chi connectivity index (χ0n) is 7.50. The third-order valence-electron chi connectivity index (χ3n) is 1.40. The fraction of sp³-hybridized carbons (Fsp3) is 0.857. The van der Waals surface area contributed by atoms with Crippen LogP contribution in [0.25, 0.3) is 0 Å². The predicted octanol–water partition coefficient (Wildman–Crippen LogP) is -0.101. The minimum absolute atomic E-state index is 0.546. The minimum atomic E-state index is 0.546. The molecule has 4 nitrogen and oxygen atoms in total. The van der Waals surface area contributed by atoms with Crippen molar-refractivity contribution in [3.63, 3.8) is 0 Å². The van der Waals surface area contributed by atoms with Crippen LogP contribution in [0.4, 0.5) is 0 Å². The summed E-state index contributed by atoms with van der Waals surface area (Å²) in [4.78, 5) is 5.69. The lowest BCUT2D eigenvalue weighted by molar-refractivity contribution is 0.136. The van der Waals surface area contributed by atoms with Crippen molar-refractivity contribution >= 4 is 5.96 Å². The topological polar surface area (TPSA) is 50.9 Å². The molecule has 0 rings (SSSR count). The maximum Gasteiger partial charge on any atom is 0.190 e. The normalized spacial score (nSPS) is 11.7. The van der Waals surface area contributed by atoms with Crippen molar-refractivity contribution in [2.45, 2.75) is 6.92 Å². The first-order valence-corrected chi connectivity index (χ1v) is 3.73. The lowest BCUT2D eigenvalue weighted by atomic mass is 10.6. The quantitative estimate of drug-likeness (QED) is 0.354. The van der Waals surface area contributed by atoms with Crippen LogP contribution in [0, 0.1) is 0 Å². The van der Waals surface area contributed by atoms with E-state index in [-0.39, 0.29) is 0 Å². The average Bonchev–Trinajstić information content (AvgIpc) is 2.03. The van der Waals surface area contributed by atoms with E-state index >= 15 is 0 Å². The Bertz CT molecular complexity index is 125. The molecule has 0 spiro atoms. The molecule has 0 amide bonds. The van der Waals surface area contributed by atoms with Gasteiger partial charge in [-0.2, -0.15) is 0 Å². The second-order valence-corrected chi connectivity index (χ2v) is 2.20. The van der Waals surface area contributed by atoms with Crippen LogP contribution < -0.4 is 5.73 Å². The van der Waals surface area contributed by atoms with Gasteiger partial charge in [0.05, 0.1) is 6.61 Å². The van der Waals surface area contributed by atoms with Gasteiger partial charge in [-0.3, -0.25) is 4.99 Å². The van der Waals surface area contributed by atoms with Crippen LogP contribution in [0.1, 0.15) is 6.92 Å². The smallest absolute Gasteiger partial charge is 0.190 e. The van der Waals surface area contributed by atoms with Crippen LogP contribution >= 0.6 is 0 Å². The number of nitrogens with zero attached hydrogens (tertiary/aromatic N) is 2. The van der Waals surface area contributed by atoms with E-state index in [1.807, 2.05) is 18.9 Å². The highest BCUT2D eigenvalue weighted by atomic mass is 16.5. The molecule has 0 aliphatic carbocycles. The fourth-order valence-electron chi connectivity index (χ4n) is 0.631. The number of guanidine groups is 1. The van der Waals surface area contributed by atoms with Crippen molar-refractivity contribution in [3.8, 4) is 0 Å². The van der Waals surface area contributed by atoms with Gasteiger partial charge < -0.3 is 15.4 Å². The third-order valence-corrected chi connectivity index (χ3v) is 1.40. The molecule has 0 heterocycles. The molecule has 0 aliphatic heterocycles. The van der Waals surface area contributed by atoms with E-state index in [1.165, 1.54) is 0 Å². The van der Waals surface area contributed by atoms with Gasteiger partial charge in [0, 0.05) is 27.2 Å². The number of nitrogens with two attached hydrogens (primary N) is 1. The molecule has 0 unspecified atom stereocenters.